The van der Waals surface area contributed by atoms with Crippen LogP contribution in [0.1, 0.15) is 32.8 Å². The minimum Gasteiger partial charge on any atom is -0.295 e. The molecule has 1 unspecified atom stereocenters. The molecule has 9 heteroatoms. The zero-order valence-electron chi connectivity index (χ0n) is 18.2. The molecule has 1 N–H and O–H groups in total. The number of aryl methyl sites for hydroxylation is 3. The van der Waals surface area contributed by atoms with Crippen LogP contribution in [-0.4, -0.2) is 23.6 Å². The first-order valence-electron chi connectivity index (χ1n) is 9.93. The molecule has 6 nitrogen and oxygen atoms in total. The van der Waals surface area contributed by atoms with Crippen LogP contribution in [0.3, 0.4) is 0 Å². The standard InChI is InChI=1S/C22H27BrFN3O3S/c1-22(2,3)20(10-9-14-7-6-8-15(24)11-14)25-31(29,30)19-13-18-17(12-16(19)23)26(4)21(28)27(18)5/h6-8,11-13,20,25H,9-10H2,1-5H3. The number of hydrogen-bond acceptors (Lipinski definition) is 3. The molecular weight excluding hydrogens is 485 g/mol. The molecule has 1 aromatic heterocycles. The van der Waals surface area contributed by atoms with E-state index in [9.17, 15) is 17.6 Å². The average Bonchev–Trinajstić information content (AvgIpc) is 2.87. The molecule has 0 fully saturated rings. The highest BCUT2D eigenvalue weighted by atomic mass is 79.9. The van der Waals surface area contributed by atoms with Crippen molar-refractivity contribution in [3.63, 3.8) is 0 Å². The number of sulfonamides is 1. The van der Waals surface area contributed by atoms with Crippen molar-refractivity contribution in [1.82, 2.24) is 13.9 Å². The van der Waals surface area contributed by atoms with Crippen LogP contribution in [0.5, 0.6) is 0 Å². The molecule has 1 heterocycles. The lowest BCUT2D eigenvalue weighted by molar-refractivity contribution is 0.284. The molecule has 168 valence electrons. The fourth-order valence-electron chi connectivity index (χ4n) is 3.63. The summed E-state index contributed by atoms with van der Waals surface area (Å²) >= 11 is 3.36. The van der Waals surface area contributed by atoms with Gasteiger partial charge in [0.15, 0.2) is 0 Å². The van der Waals surface area contributed by atoms with Gasteiger partial charge in [-0.2, -0.15) is 0 Å². The van der Waals surface area contributed by atoms with Crippen molar-refractivity contribution in [1.29, 1.82) is 0 Å². The number of nitrogens with one attached hydrogen (secondary N) is 1. The second kappa shape index (κ2) is 8.52. The molecule has 0 saturated heterocycles. The summed E-state index contributed by atoms with van der Waals surface area (Å²) in [6.07, 6.45) is 1.05. The molecule has 2 aromatic carbocycles. The Hall–Kier alpha value is -1.97. The number of nitrogens with zero attached hydrogens (tertiary/aromatic N) is 2. The van der Waals surface area contributed by atoms with E-state index < -0.39 is 10.0 Å². The van der Waals surface area contributed by atoms with E-state index in [0.29, 0.717) is 28.3 Å². The second-order valence-electron chi connectivity index (χ2n) is 8.88. The van der Waals surface area contributed by atoms with E-state index in [2.05, 4.69) is 20.7 Å². The number of fused-ring (bicyclic) bond motifs is 1. The van der Waals surface area contributed by atoms with E-state index in [1.165, 1.54) is 27.3 Å². The van der Waals surface area contributed by atoms with E-state index in [-0.39, 0.29) is 27.9 Å². The Morgan fingerprint density at radius 3 is 2.29 bits per heavy atom. The number of rotatable bonds is 6. The maximum Gasteiger partial charge on any atom is 0.328 e. The topological polar surface area (TPSA) is 73.1 Å². The largest absolute Gasteiger partial charge is 0.328 e. The summed E-state index contributed by atoms with van der Waals surface area (Å²) in [6.45, 7) is 5.89. The minimum atomic E-state index is -3.89. The smallest absolute Gasteiger partial charge is 0.295 e. The molecule has 0 radical (unpaired) electrons. The molecule has 0 bridgehead atoms. The van der Waals surface area contributed by atoms with Crippen LogP contribution in [0.4, 0.5) is 4.39 Å². The highest BCUT2D eigenvalue weighted by Crippen LogP contribution is 2.30. The Kier molecular flexibility index (Phi) is 6.51. The molecular formula is C22H27BrFN3O3S. The lowest BCUT2D eigenvalue weighted by atomic mass is 9.84. The summed E-state index contributed by atoms with van der Waals surface area (Å²) in [7, 11) is -0.638. The molecule has 0 saturated carbocycles. The van der Waals surface area contributed by atoms with Crippen molar-refractivity contribution >= 4 is 37.0 Å². The molecule has 3 rings (SSSR count). The van der Waals surface area contributed by atoms with Crippen LogP contribution in [0, 0.1) is 11.2 Å². The lowest BCUT2D eigenvalue weighted by Gasteiger charge is -2.31. The highest BCUT2D eigenvalue weighted by Gasteiger charge is 2.31. The molecule has 3 aromatic rings. The van der Waals surface area contributed by atoms with Gasteiger partial charge in [0, 0.05) is 24.6 Å². The van der Waals surface area contributed by atoms with E-state index >= 15 is 0 Å². The first-order valence-corrected chi connectivity index (χ1v) is 12.2. The van der Waals surface area contributed by atoms with Crippen molar-refractivity contribution in [3.05, 3.63) is 62.7 Å². The van der Waals surface area contributed by atoms with E-state index in [1.807, 2.05) is 26.8 Å². The van der Waals surface area contributed by atoms with Crippen LogP contribution in [0.25, 0.3) is 11.0 Å². The van der Waals surface area contributed by atoms with Crippen LogP contribution in [-0.2, 0) is 30.5 Å². The van der Waals surface area contributed by atoms with Gasteiger partial charge < -0.3 is 0 Å². The third kappa shape index (κ3) is 4.94. The number of hydrogen-bond donors (Lipinski definition) is 1. The van der Waals surface area contributed by atoms with Gasteiger partial charge in [0.1, 0.15) is 5.82 Å². The Labute approximate surface area is 190 Å². The zero-order chi connectivity index (χ0) is 23.1. The number of benzene rings is 2. The molecule has 0 aliphatic rings. The summed E-state index contributed by atoms with van der Waals surface area (Å²) < 4.78 is 46.3. The van der Waals surface area contributed by atoms with Gasteiger partial charge in [0.2, 0.25) is 10.0 Å². The first-order chi connectivity index (χ1) is 14.3. The SMILES string of the molecule is Cn1c(=O)n(C)c2cc(S(=O)(=O)NC(CCc3cccc(F)c3)C(C)(C)C)c(Br)cc21. The maximum atomic E-state index is 13.5. The Balaban J connectivity index is 1.94. The first kappa shape index (κ1) is 23.7. The summed E-state index contributed by atoms with van der Waals surface area (Å²) in [5.74, 6) is -0.309. The summed E-state index contributed by atoms with van der Waals surface area (Å²) in [6, 6.07) is 9.10. The average molecular weight is 512 g/mol. The van der Waals surface area contributed by atoms with Crippen LogP contribution >= 0.6 is 15.9 Å². The van der Waals surface area contributed by atoms with Gasteiger partial charge >= 0.3 is 5.69 Å². The molecule has 0 aliphatic carbocycles. The molecule has 31 heavy (non-hydrogen) atoms. The van der Waals surface area contributed by atoms with Gasteiger partial charge in [-0.15, -0.1) is 0 Å². The van der Waals surface area contributed by atoms with Gasteiger partial charge in [-0.05, 0) is 64.0 Å². The van der Waals surface area contributed by atoms with Gasteiger partial charge in [-0.3, -0.25) is 9.13 Å². The third-order valence-electron chi connectivity index (χ3n) is 5.57. The van der Waals surface area contributed by atoms with Crippen molar-refractivity contribution < 1.29 is 12.8 Å². The second-order valence-corrected chi connectivity index (χ2v) is 11.4. The Morgan fingerprint density at radius 2 is 1.71 bits per heavy atom. The lowest BCUT2D eigenvalue weighted by Crippen LogP contribution is -2.44. The van der Waals surface area contributed by atoms with Crippen molar-refractivity contribution in [2.45, 2.75) is 44.6 Å². The number of aromatic nitrogens is 2. The van der Waals surface area contributed by atoms with Crippen molar-refractivity contribution in [3.8, 4) is 0 Å². The summed E-state index contributed by atoms with van der Waals surface area (Å²) in [5.41, 5.74) is 1.39. The minimum absolute atomic E-state index is 0.0706. The summed E-state index contributed by atoms with van der Waals surface area (Å²) in [5, 5.41) is 0. The van der Waals surface area contributed by atoms with Crippen LogP contribution in [0.2, 0.25) is 0 Å². The quantitative estimate of drug-likeness (QED) is 0.541. The Bertz CT molecular complexity index is 1290. The van der Waals surface area contributed by atoms with Crippen LogP contribution < -0.4 is 10.4 Å². The van der Waals surface area contributed by atoms with Crippen LogP contribution in [0.15, 0.2) is 50.6 Å². The predicted octanol–water partition coefficient (Wildman–Crippen LogP) is 4.10. The maximum absolute atomic E-state index is 13.5. The predicted molar refractivity (Wildman–Crippen MR) is 124 cm³/mol. The monoisotopic (exact) mass is 511 g/mol. The molecule has 0 spiro atoms. The fourth-order valence-corrected chi connectivity index (χ4v) is 6.16. The fraction of sp³-hybridized carbons (Fsp3) is 0.409. The van der Waals surface area contributed by atoms with E-state index in [0.717, 1.165) is 5.56 Å². The molecule has 0 aliphatic heterocycles. The van der Waals surface area contributed by atoms with E-state index in [1.54, 1.807) is 26.2 Å². The normalized spacial score (nSPS) is 13.6. The highest BCUT2D eigenvalue weighted by molar-refractivity contribution is 9.10. The zero-order valence-corrected chi connectivity index (χ0v) is 20.6. The molecule has 0 amide bonds. The summed E-state index contributed by atoms with van der Waals surface area (Å²) in [4.78, 5) is 12.3. The number of imidazole rings is 1. The van der Waals surface area contributed by atoms with E-state index in [4.69, 9.17) is 0 Å². The van der Waals surface area contributed by atoms with Crippen molar-refractivity contribution in [2.24, 2.45) is 19.5 Å². The van der Waals surface area contributed by atoms with Gasteiger partial charge in [-0.25, -0.2) is 22.3 Å². The van der Waals surface area contributed by atoms with Gasteiger partial charge in [-0.1, -0.05) is 32.9 Å². The van der Waals surface area contributed by atoms with Gasteiger partial charge in [0.05, 0.1) is 15.9 Å². The Morgan fingerprint density at radius 1 is 1.10 bits per heavy atom. The number of halogens is 2. The molecule has 1 atom stereocenters. The third-order valence-corrected chi connectivity index (χ3v) is 8.00. The van der Waals surface area contributed by atoms with Crippen molar-refractivity contribution in [2.75, 3.05) is 0 Å². The van der Waals surface area contributed by atoms with Gasteiger partial charge in [0.25, 0.3) is 0 Å².